The molecule has 1 aromatic carbocycles. The fourth-order valence-electron chi connectivity index (χ4n) is 3.07. The zero-order chi connectivity index (χ0) is 22.5. The third kappa shape index (κ3) is 9.07. The van der Waals surface area contributed by atoms with Gasteiger partial charge < -0.3 is 25.9 Å². The molecule has 0 aromatic heterocycles. The van der Waals surface area contributed by atoms with E-state index in [0.717, 1.165) is 18.4 Å². The number of unbranched alkanes of at least 4 members (excludes halogenated alkanes) is 1. The normalized spacial score (nSPS) is 13.7. The molecule has 0 unspecified atom stereocenters. The predicted octanol–water partition coefficient (Wildman–Crippen LogP) is 0.300. The van der Waals surface area contributed by atoms with Crippen molar-refractivity contribution in [2.24, 2.45) is 5.92 Å². The number of carbonyl (C=O) groups excluding carboxylic acids is 4. The van der Waals surface area contributed by atoms with Gasteiger partial charge in [0, 0.05) is 0 Å². The highest BCUT2D eigenvalue weighted by Crippen LogP contribution is 2.09. The number of carbonyl (C=O) groups is 4. The van der Waals surface area contributed by atoms with Gasteiger partial charge in [0.25, 0.3) is 0 Å². The molecule has 0 aliphatic carbocycles. The zero-order valence-electron chi connectivity index (χ0n) is 17.9. The van der Waals surface area contributed by atoms with Crippen LogP contribution in [0.4, 0.5) is 0 Å². The smallest absolute Gasteiger partial charge is 0.243 e. The molecule has 30 heavy (non-hydrogen) atoms. The van der Waals surface area contributed by atoms with Gasteiger partial charge in [0.2, 0.25) is 18.2 Å². The van der Waals surface area contributed by atoms with Gasteiger partial charge in [-0.05, 0) is 30.7 Å². The highest BCUT2D eigenvalue weighted by atomic mass is 16.4. The SMILES string of the molecule is CCCC[C@H](NC=O)C(=O)N[C@@H](CC(C)C)C(=O)N[C@@H](Cc1ccccc1)C(=O)[O-]. The van der Waals surface area contributed by atoms with E-state index in [1.807, 2.05) is 26.8 Å². The van der Waals surface area contributed by atoms with E-state index >= 15 is 0 Å². The molecule has 0 bridgehead atoms. The third-order valence-corrected chi connectivity index (χ3v) is 4.66. The van der Waals surface area contributed by atoms with Gasteiger partial charge >= 0.3 is 0 Å². The van der Waals surface area contributed by atoms with E-state index in [1.165, 1.54) is 0 Å². The Balaban J connectivity index is 2.88. The molecule has 0 heterocycles. The first-order valence-electron chi connectivity index (χ1n) is 10.3. The van der Waals surface area contributed by atoms with E-state index in [0.29, 0.717) is 19.3 Å². The first-order chi connectivity index (χ1) is 14.3. The van der Waals surface area contributed by atoms with E-state index in [2.05, 4.69) is 16.0 Å². The first-order valence-corrected chi connectivity index (χ1v) is 10.3. The van der Waals surface area contributed by atoms with Crippen molar-refractivity contribution in [3.8, 4) is 0 Å². The lowest BCUT2D eigenvalue weighted by Crippen LogP contribution is -2.57. The van der Waals surface area contributed by atoms with Crippen molar-refractivity contribution in [3.05, 3.63) is 35.9 Å². The molecule has 8 heteroatoms. The van der Waals surface area contributed by atoms with Gasteiger partial charge in [0.05, 0.1) is 12.0 Å². The summed E-state index contributed by atoms with van der Waals surface area (Å²) in [7, 11) is 0. The molecule has 0 saturated heterocycles. The van der Waals surface area contributed by atoms with Crippen LogP contribution >= 0.6 is 0 Å². The molecule has 8 nitrogen and oxygen atoms in total. The van der Waals surface area contributed by atoms with Gasteiger partial charge in [-0.2, -0.15) is 0 Å². The van der Waals surface area contributed by atoms with Crippen LogP contribution in [0.25, 0.3) is 0 Å². The molecule has 166 valence electrons. The molecular weight excluding hydrogens is 386 g/mol. The molecule has 0 saturated carbocycles. The summed E-state index contributed by atoms with van der Waals surface area (Å²) in [4.78, 5) is 47.8. The Labute approximate surface area is 177 Å². The van der Waals surface area contributed by atoms with Crippen molar-refractivity contribution >= 4 is 24.2 Å². The van der Waals surface area contributed by atoms with Gasteiger partial charge in [-0.25, -0.2) is 0 Å². The molecule has 3 atom stereocenters. The molecule has 0 aliphatic rings. The second kappa shape index (κ2) is 13.3. The minimum absolute atomic E-state index is 0.0725. The van der Waals surface area contributed by atoms with Crippen molar-refractivity contribution in [2.45, 2.75) is 71.0 Å². The minimum Gasteiger partial charge on any atom is -0.548 e. The molecule has 1 aromatic rings. The first kappa shape index (κ1) is 25.1. The summed E-state index contributed by atoms with van der Waals surface area (Å²) in [6, 6.07) is 6.00. The van der Waals surface area contributed by atoms with Gasteiger partial charge in [0.1, 0.15) is 12.1 Å². The van der Waals surface area contributed by atoms with Crippen molar-refractivity contribution in [2.75, 3.05) is 0 Å². The number of aliphatic carboxylic acids is 1. The van der Waals surface area contributed by atoms with Crippen LogP contribution in [0.2, 0.25) is 0 Å². The van der Waals surface area contributed by atoms with E-state index in [1.54, 1.807) is 24.3 Å². The Morgan fingerprint density at radius 2 is 1.60 bits per heavy atom. The summed E-state index contributed by atoms with van der Waals surface area (Å²) in [6.07, 6.45) is 2.90. The molecule has 3 amide bonds. The Morgan fingerprint density at radius 1 is 1.00 bits per heavy atom. The standard InChI is InChI=1S/C22H33N3O5/c1-4-5-11-17(23-14-26)20(27)24-18(12-15(2)3)21(28)25-19(22(29)30)13-16-9-7-6-8-10-16/h6-10,14-15,17-19H,4-5,11-13H2,1-3H3,(H,23,26)(H,24,27)(H,25,28)(H,29,30)/p-1/t17-,18-,19-/m0/s1. The third-order valence-electron chi connectivity index (χ3n) is 4.66. The van der Waals surface area contributed by atoms with Crippen LogP contribution in [0.1, 0.15) is 52.0 Å². The maximum atomic E-state index is 12.8. The molecule has 0 spiro atoms. The lowest BCUT2D eigenvalue weighted by Gasteiger charge is -2.26. The number of rotatable bonds is 14. The molecule has 1 rings (SSSR count). The summed E-state index contributed by atoms with van der Waals surface area (Å²) >= 11 is 0. The Hall–Kier alpha value is -2.90. The summed E-state index contributed by atoms with van der Waals surface area (Å²) in [5.41, 5.74) is 0.742. The number of benzene rings is 1. The quantitative estimate of drug-likeness (QED) is 0.375. The van der Waals surface area contributed by atoms with E-state index in [4.69, 9.17) is 0 Å². The monoisotopic (exact) mass is 418 g/mol. The van der Waals surface area contributed by atoms with Gasteiger partial charge in [-0.3, -0.25) is 14.4 Å². The van der Waals surface area contributed by atoms with Crippen LogP contribution in [0.5, 0.6) is 0 Å². The number of carboxylic acids is 1. The van der Waals surface area contributed by atoms with Crippen LogP contribution in [0.15, 0.2) is 30.3 Å². The number of carboxylic acid groups (broad SMARTS) is 1. The molecular formula is C22H32N3O5-. The van der Waals surface area contributed by atoms with Crippen molar-refractivity contribution < 1.29 is 24.3 Å². The van der Waals surface area contributed by atoms with Crippen LogP contribution in [0.3, 0.4) is 0 Å². The van der Waals surface area contributed by atoms with Crippen molar-refractivity contribution in [3.63, 3.8) is 0 Å². The molecule has 3 N–H and O–H groups in total. The minimum atomic E-state index is -1.40. The molecule has 0 aliphatic heterocycles. The number of hydrogen-bond acceptors (Lipinski definition) is 5. The van der Waals surface area contributed by atoms with Crippen molar-refractivity contribution in [1.29, 1.82) is 0 Å². The number of hydrogen-bond donors (Lipinski definition) is 3. The topological polar surface area (TPSA) is 127 Å². The number of nitrogens with one attached hydrogen (secondary N) is 3. The maximum Gasteiger partial charge on any atom is 0.243 e. The summed E-state index contributed by atoms with van der Waals surface area (Å²) < 4.78 is 0. The summed E-state index contributed by atoms with van der Waals surface area (Å²) in [5.74, 6) is -2.39. The predicted molar refractivity (Wildman–Crippen MR) is 111 cm³/mol. The zero-order valence-corrected chi connectivity index (χ0v) is 17.9. The summed E-state index contributed by atoms with van der Waals surface area (Å²) in [5, 5.41) is 19.2. The Morgan fingerprint density at radius 3 is 2.13 bits per heavy atom. The van der Waals surface area contributed by atoms with E-state index in [-0.39, 0.29) is 12.3 Å². The fraction of sp³-hybridized carbons (Fsp3) is 0.545. The largest absolute Gasteiger partial charge is 0.548 e. The van der Waals surface area contributed by atoms with Gasteiger partial charge in [-0.1, -0.05) is 63.9 Å². The Kier molecular flexibility index (Phi) is 11.2. The van der Waals surface area contributed by atoms with Gasteiger partial charge in [0.15, 0.2) is 0 Å². The highest BCUT2D eigenvalue weighted by Gasteiger charge is 2.27. The Bertz CT molecular complexity index is 693. The van der Waals surface area contributed by atoms with E-state index in [9.17, 15) is 24.3 Å². The second-order valence-electron chi connectivity index (χ2n) is 7.74. The second-order valence-corrected chi connectivity index (χ2v) is 7.74. The maximum absolute atomic E-state index is 12.8. The van der Waals surface area contributed by atoms with Crippen LogP contribution in [-0.4, -0.2) is 42.3 Å². The number of amides is 3. The lowest BCUT2D eigenvalue weighted by molar-refractivity contribution is -0.308. The van der Waals surface area contributed by atoms with Crippen LogP contribution in [0, 0.1) is 5.92 Å². The van der Waals surface area contributed by atoms with Gasteiger partial charge in [-0.15, -0.1) is 0 Å². The fourth-order valence-corrected chi connectivity index (χ4v) is 3.07. The average Bonchev–Trinajstić information content (AvgIpc) is 2.70. The van der Waals surface area contributed by atoms with Crippen molar-refractivity contribution in [1.82, 2.24) is 16.0 Å². The van der Waals surface area contributed by atoms with E-state index < -0.39 is 35.9 Å². The van der Waals surface area contributed by atoms with Crippen LogP contribution in [-0.2, 0) is 25.6 Å². The lowest BCUT2D eigenvalue weighted by atomic mass is 10.0. The molecule has 0 fully saturated rings. The highest BCUT2D eigenvalue weighted by molar-refractivity contribution is 5.92. The molecule has 0 radical (unpaired) electrons. The summed E-state index contributed by atoms with van der Waals surface area (Å²) in [6.45, 7) is 5.76. The van der Waals surface area contributed by atoms with Crippen LogP contribution < -0.4 is 21.1 Å². The average molecular weight is 419 g/mol.